The summed E-state index contributed by atoms with van der Waals surface area (Å²) in [5, 5.41) is 12.2. The van der Waals surface area contributed by atoms with Gasteiger partial charge in [0.05, 0.1) is 4.47 Å². The number of aromatic nitrogens is 2. The van der Waals surface area contributed by atoms with Crippen molar-refractivity contribution in [3.63, 3.8) is 0 Å². The third-order valence-electron chi connectivity index (χ3n) is 4.59. The van der Waals surface area contributed by atoms with Crippen LogP contribution in [0.4, 0.5) is 5.95 Å². The van der Waals surface area contributed by atoms with Crippen LogP contribution in [0.2, 0.25) is 0 Å². The van der Waals surface area contributed by atoms with Crippen molar-refractivity contribution in [2.24, 2.45) is 5.92 Å². The summed E-state index contributed by atoms with van der Waals surface area (Å²) in [6.07, 6.45) is 7.49. The summed E-state index contributed by atoms with van der Waals surface area (Å²) in [5.74, 6) is 0.654. The Kier molecular flexibility index (Phi) is 6.55. The van der Waals surface area contributed by atoms with E-state index in [4.69, 9.17) is 0 Å². The number of carbonyl (C=O) groups excluding carboxylic acids is 1. The fourth-order valence-electron chi connectivity index (χ4n) is 3.12. The minimum Gasteiger partial charge on any atom is -0.338 e. The third kappa shape index (κ3) is 5.38. The van der Waals surface area contributed by atoms with E-state index in [9.17, 15) is 10.1 Å². The highest BCUT2D eigenvalue weighted by Crippen LogP contribution is 2.22. The van der Waals surface area contributed by atoms with Gasteiger partial charge in [-0.25, -0.2) is 9.97 Å². The van der Waals surface area contributed by atoms with Crippen molar-refractivity contribution in [3.05, 3.63) is 64.5 Å². The number of halogens is 1. The monoisotopic (exact) mass is 425 g/mol. The molecule has 1 aromatic heterocycles. The predicted octanol–water partition coefficient (Wildman–Crippen LogP) is 3.54. The molecular formula is C20H20BrN5O. The number of piperidine rings is 1. The number of nitrogens with zero attached hydrogens (tertiary/aromatic N) is 4. The molecule has 2 aromatic rings. The number of likely N-dealkylation sites (tertiary alicyclic amines) is 1. The minimum atomic E-state index is -0.250. The van der Waals surface area contributed by atoms with Crippen LogP contribution >= 0.6 is 15.9 Å². The third-order valence-corrected chi connectivity index (χ3v) is 5.00. The molecule has 0 radical (unpaired) electrons. The standard InChI is InChI=1S/C20H20BrN5O/c21-18-13-24-20(25-14-18)23-12-17(11-22)19(27)26-8-6-16(7-9-26)10-15-4-2-1-3-5-15/h1-5,12-14,16H,6-10H2,(H,23,24,25)/b17-12-. The van der Waals surface area contributed by atoms with Crippen LogP contribution < -0.4 is 5.32 Å². The second-order valence-electron chi connectivity index (χ2n) is 6.46. The van der Waals surface area contributed by atoms with Gasteiger partial charge in [-0.3, -0.25) is 4.79 Å². The first-order valence-corrected chi connectivity index (χ1v) is 9.62. The molecule has 6 nitrogen and oxygen atoms in total. The van der Waals surface area contributed by atoms with Crippen LogP contribution in [0, 0.1) is 17.2 Å². The molecule has 27 heavy (non-hydrogen) atoms. The van der Waals surface area contributed by atoms with Crippen molar-refractivity contribution in [1.29, 1.82) is 5.26 Å². The molecule has 0 aliphatic carbocycles. The van der Waals surface area contributed by atoms with Gasteiger partial charge in [-0.1, -0.05) is 30.3 Å². The van der Waals surface area contributed by atoms with Gasteiger partial charge >= 0.3 is 0 Å². The van der Waals surface area contributed by atoms with E-state index in [2.05, 4.69) is 55.5 Å². The maximum atomic E-state index is 12.6. The Morgan fingerprint density at radius 3 is 2.56 bits per heavy atom. The Morgan fingerprint density at radius 1 is 1.26 bits per heavy atom. The molecule has 1 saturated heterocycles. The molecule has 1 amide bonds. The van der Waals surface area contributed by atoms with Gasteiger partial charge in [0.25, 0.3) is 5.91 Å². The van der Waals surface area contributed by atoms with Crippen molar-refractivity contribution < 1.29 is 4.79 Å². The zero-order valence-electron chi connectivity index (χ0n) is 14.8. The highest BCUT2D eigenvalue weighted by atomic mass is 79.9. The zero-order valence-corrected chi connectivity index (χ0v) is 16.4. The molecule has 0 saturated carbocycles. The molecule has 1 aliphatic heterocycles. The topological polar surface area (TPSA) is 81.9 Å². The van der Waals surface area contributed by atoms with E-state index in [0.717, 1.165) is 23.7 Å². The van der Waals surface area contributed by atoms with Gasteiger partial charge in [-0.05, 0) is 46.7 Å². The van der Waals surface area contributed by atoms with Crippen LogP contribution in [-0.2, 0) is 11.2 Å². The summed E-state index contributed by atoms with van der Waals surface area (Å²) in [6, 6.07) is 12.4. The van der Waals surface area contributed by atoms with Crippen LogP contribution in [0.1, 0.15) is 18.4 Å². The largest absolute Gasteiger partial charge is 0.338 e. The number of nitriles is 1. The van der Waals surface area contributed by atoms with Crippen LogP contribution in [-0.4, -0.2) is 33.9 Å². The quantitative estimate of drug-likeness (QED) is 0.584. The summed E-state index contributed by atoms with van der Waals surface area (Å²) in [4.78, 5) is 22.5. The molecule has 0 bridgehead atoms. The first-order valence-electron chi connectivity index (χ1n) is 8.83. The first-order chi connectivity index (χ1) is 13.2. The van der Waals surface area contributed by atoms with Crippen LogP contribution in [0.5, 0.6) is 0 Å². The predicted molar refractivity (Wildman–Crippen MR) is 107 cm³/mol. The number of rotatable bonds is 5. The van der Waals surface area contributed by atoms with E-state index in [-0.39, 0.29) is 11.5 Å². The number of amides is 1. The van der Waals surface area contributed by atoms with Crippen molar-refractivity contribution in [3.8, 4) is 6.07 Å². The average Bonchev–Trinajstić information content (AvgIpc) is 2.71. The van der Waals surface area contributed by atoms with E-state index in [1.165, 1.54) is 11.8 Å². The lowest BCUT2D eigenvalue weighted by Crippen LogP contribution is -2.39. The van der Waals surface area contributed by atoms with Crippen molar-refractivity contribution in [1.82, 2.24) is 14.9 Å². The molecule has 1 fully saturated rings. The van der Waals surface area contributed by atoms with E-state index in [1.54, 1.807) is 17.3 Å². The first kappa shape index (κ1) is 19.1. The average molecular weight is 426 g/mol. The molecule has 3 rings (SSSR count). The fourth-order valence-corrected chi connectivity index (χ4v) is 3.33. The molecule has 7 heteroatoms. The molecule has 0 spiro atoms. The summed E-state index contributed by atoms with van der Waals surface area (Å²) < 4.78 is 0.756. The number of hydrogen-bond donors (Lipinski definition) is 1. The molecule has 0 atom stereocenters. The summed E-state index contributed by atoms with van der Waals surface area (Å²) >= 11 is 3.26. The lowest BCUT2D eigenvalue weighted by molar-refractivity contribution is -0.128. The second kappa shape index (κ2) is 9.28. The van der Waals surface area contributed by atoms with Gasteiger partial charge in [0, 0.05) is 31.7 Å². The molecule has 1 aromatic carbocycles. The van der Waals surface area contributed by atoms with E-state index in [1.807, 2.05) is 12.1 Å². The van der Waals surface area contributed by atoms with E-state index in [0.29, 0.717) is 25.0 Å². The smallest absolute Gasteiger partial charge is 0.266 e. The van der Waals surface area contributed by atoms with Crippen molar-refractivity contribution in [2.75, 3.05) is 18.4 Å². The summed E-state index contributed by atoms with van der Waals surface area (Å²) in [5.41, 5.74) is 1.39. The van der Waals surface area contributed by atoms with Gasteiger partial charge in [0.15, 0.2) is 0 Å². The molecule has 1 N–H and O–H groups in total. The summed E-state index contributed by atoms with van der Waals surface area (Å²) in [6.45, 7) is 1.34. The lowest BCUT2D eigenvalue weighted by atomic mass is 9.90. The van der Waals surface area contributed by atoms with E-state index < -0.39 is 0 Å². The SMILES string of the molecule is N#C/C(=C/Nc1ncc(Br)cn1)C(=O)N1CCC(Cc2ccccc2)CC1. The zero-order chi connectivity index (χ0) is 19.1. The Balaban J connectivity index is 1.54. The molecule has 1 aliphatic rings. The second-order valence-corrected chi connectivity index (χ2v) is 7.38. The number of hydrogen-bond acceptors (Lipinski definition) is 5. The van der Waals surface area contributed by atoms with Gasteiger partial charge in [-0.2, -0.15) is 5.26 Å². The van der Waals surface area contributed by atoms with Gasteiger partial charge < -0.3 is 10.2 Å². The Labute approximate surface area is 167 Å². The molecular weight excluding hydrogens is 406 g/mol. The van der Waals surface area contributed by atoms with Crippen molar-refractivity contribution >= 4 is 27.8 Å². The highest BCUT2D eigenvalue weighted by molar-refractivity contribution is 9.10. The molecule has 2 heterocycles. The summed E-state index contributed by atoms with van der Waals surface area (Å²) in [7, 11) is 0. The van der Waals surface area contributed by atoms with E-state index >= 15 is 0 Å². The van der Waals surface area contributed by atoms with Crippen LogP contribution in [0.15, 0.2) is 59.0 Å². The molecule has 138 valence electrons. The van der Waals surface area contributed by atoms with Gasteiger partial charge in [-0.15, -0.1) is 0 Å². The Morgan fingerprint density at radius 2 is 1.93 bits per heavy atom. The number of benzene rings is 1. The maximum Gasteiger partial charge on any atom is 0.266 e. The number of anilines is 1. The maximum absolute atomic E-state index is 12.6. The Hall–Kier alpha value is -2.72. The Bertz CT molecular complexity index is 837. The van der Waals surface area contributed by atoms with Crippen LogP contribution in [0.3, 0.4) is 0 Å². The minimum absolute atomic E-state index is 0.0584. The highest BCUT2D eigenvalue weighted by Gasteiger charge is 2.25. The van der Waals surface area contributed by atoms with Gasteiger partial charge in [0.1, 0.15) is 11.6 Å². The van der Waals surface area contributed by atoms with Gasteiger partial charge in [0.2, 0.25) is 5.95 Å². The van der Waals surface area contributed by atoms with Crippen LogP contribution in [0.25, 0.3) is 0 Å². The number of carbonyl (C=O) groups is 1. The normalized spacial score (nSPS) is 15.3. The van der Waals surface area contributed by atoms with Crippen molar-refractivity contribution in [2.45, 2.75) is 19.3 Å². The fraction of sp³-hybridized carbons (Fsp3) is 0.300. The number of nitrogens with one attached hydrogen (secondary N) is 1. The molecule has 0 unspecified atom stereocenters. The lowest BCUT2D eigenvalue weighted by Gasteiger charge is -2.32.